The van der Waals surface area contributed by atoms with Crippen LogP contribution in [0.5, 0.6) is 0 Å². The van der Waals surface area contributed by atoms with Crippen molar-refractivity contribution in [3.8, 4) is 0 Å². The Labute approximate surface area is 120 Å². The second-order valence-electron chi connectivity index (χ2n) is 3.91. The highest BCUT2D eigenvalue weighted by Crippen LogP contribution is 2.24. The maximum Gasteiger partial charge on any atom is 0.338 e. The van der Waals surface area contributed by atoms with E-state index in [-0.39, 0.29) is 17.9 Å². The predicted octanol–water partition coefficient (Wildman–Crippen LogP) is 2.17. The fraction of sp³-hybridized carbons (Fsp3) is 0.385. The first-order valence-electron chi connectivity index (χ1n) is 5.94. The molecule has 2 N–H and O–H groups in total. The van der Waals surface area contributed by atoms with Gasteiger partial charge in [-0.2, -0.15) is 0 Å². The van der Waals surface area contributed by atoms with Crippen LogP contribution in [-0.2, 0) is 9.53 Å². The molecular weight excluding hydrogens is 312 g/mol. The second kappa shape index (κ2) is 7.25. The van der Waals surface area contributed by atoms with Gasteiger partial charge in [-0.15, -0.1) is 0 Å². The Balaban J connectivity index is 2.83. The molecule has 19 heavy (non-hydrogen) atoms. The van der Waals surface area contributed by atoms with Crippen molar-refractivity contribution < 1.29 is 14.3 Å². The summed E-state index contributed by atoms with van der Waals surface area (Å²) >= 11 is 3.32. The van der Waals surface area contributed by atoms with Gasteiger partial charge in [-0.3, -0.25) is 4.79 Å². The molecule has 0 aromatic heterocycles. The van der Waals surface area contributed by atoms with Gasteiger partial charge in [0.2, 0.25) is 5.91 Å². The van der Waals surface area contributed by atoms with Crippen LogP contribution in [0.15, 0.2) is 22.7 Å². The first kappa shape index (κ1) is 15.7. The van der Waals surface area contributed by atoms with Crippen molar-refractivity contribution in [2.75, 3.05) is 19.0 Å². The first-order chi connectivity index (χ1) is 8.99. The van der Waals surface area contributed by atoms with E-state index < -0.39 is 0 Å². The fourth-order valence-electron chi connectivity index (χ4n) is 1.33. The summed E-state index contributed by atoms with van der Waals surface area (Å²) in [6.07, 6.45) is 0. The summed E-state index contributed by atoms with van der Waals surface area (Å²) in [5.74, 6) is -0.531. The third-order valence-corrected chi connectivity index (χ3v) is 3.22. The first-order valence-corrected chi connectivity index (χ1v) is 6.73. The van der Waals surface area contributed by atoms with Crippen molar-refractivity contribution in [2.45, 2.75) is 19.9 Å². The summed E-state index contributed by atoms with van der Waals surface area (Å²) < 4.78 is 5.54. The van der Waals surface area contributed by atoms with Crippen LogP contribution in [-0.4, -0.2) is 31.6 Å². The molecule has 6 heteroatoms. The van der Waals surface area contributed by atoms with E-state index in [1.54, 1.807) is 39.1 Å². The number of anilines is 1. The van der Waals surface area contributed by atoms with E-state index >= 15 is 0 Å². The lowest BCUT2D eigenvalue weighted by Crippen LogP contribution is -2.35. The number of halogens is 1. The number of rotatable bonds is 5. The molecule has 0 spiro atoms. The minimum absolute atomic E-state index is 0.146. The number of esters is 1. The molecular formula is C13H17BrN2O3. The molecule has 0 heterocycles. The highest BCUT2D eigenvalue weighted by Gasteiger charge is 2.14. The lowest BCUT2D eigenvalue weighted by molar-refractivity contribution is -0.117. The van der Waals surface area contributed by atoms with E-state index in [4.69, 9.17) is 4.74 Å². The molecule has 0 bridgehead atoms. The summed E-state index contributed by atoms with van der Waals surface area (Å²) in [5.41, 5.74) is 1.05. The highest BCUT2D eigenvalue weighted by atomic mass is 79.9. The quantitative estimate of drug-likeness (QED) is 0.813. The number of likely N-dealkylation sites (N-methyl/N-ethyl adjacent to an activating group) is 1. The van der Waals surface area contributed by atoms with Crippen LogP contribution in [0.3, 0.4) is 0 Å². The molecule has 0 aliphatic carbocycles. The molecule has 0 fully saturated rings. The number of hydrogen-bond acceptors (Lipinski definition) is 4. The third-order valence-electron chi connectivity index (χ3n) is 2.56. The molecule has 0 saturated heterocycles. The third kappa shape index (κ3) is 4.33. The van der Waals surface area contributed by atoms with Crippen molar-refractivity contribution in [1.29, 1.82) is 0 Å². The molecule has 104 valence electrons. The van der Waals surface area contributed by atoms with Crippen molar-refractivity contribution >= 4 is 33.5 Å². The van der Waals surface area contributed by atoms with Gasteiger partial charge in [0.1, 0.15) is 0 Å². The summed E-state index contributed by atoms with van der Waals surface area (Å²) in [4.78, 5) is 23.3. The van der Waals surface area contributed by atoms with E-state index in [0.29, 0.717) is 22.3 Å². The van der Waals surface area contributed by atoms with Crippen LogP contribution in [0.25, 0.3) is 0 Å². The van der Waals surface area contributed by atoms with Gasteiger partial charge >= 0.3 is 5.97 Å². The number of ether oxygens (including phenoxy) is 1. The van der Waals surface area contributed by atoms with Crippen LogP contribution in [0.1, 0.15) is 24.2 Å². The number of benzene rings is 1. The normalized spacial score (nSPS) is 11.8. The number of carbonyl (C=O) groups excluding carboxylic acids is 2. The van der Waals surface area contributed by atoms with Crippen molar-refractivity contribution in [3.05, 3.63) is 28.2 Å². The summed E-state index contributed by atoms with van der Waals surface area (Å²) in [6.45, 7) is 3.84. The zero-order chi connectivity index (χ0) is 14.4. The Kier molecular flexibility index (Phi) is 5.98. The number of nitrogens with one attached hydrogen (secondary N) is 2. The molecule has 1 atom stereocenters. The standard InChI is InChI=1S/C13H17BrN2O3/c1-4-19-13(18)9-5-6-11(10(14)7-9)16-12(17)8(2)15-3/h5-8,15H,4H2,1-3H3,(H,16,17). The minimum Gasteiger partial charge on any atom is -0.462 e. The van der Waals surface area contributed by atoms with Crippen LogP contribution < -0.4 is 10.6 Å². The molecule has 1 amide bonds. The van der Waals surface area contributed by atoms with E-state index in [2.05, 4.69) is 26.6 Å². The van der Waals surface area contributed by atoms with Crippen molar-refractivity contribution in [3.63, 3.8) is 0 Å². The summed E-state index contributed by atoms with van der Waals surface area (Å²) in [5, 5.41) is 5.61. The average Bonchev–Trinajstić information content (AvgIpc) is 2.40. The van der Waals surface area contributed by atoms with Gasteiger partial charge in [-0.05, 0) is 55.0 Å². The van der Waals surface area contributed by atoms with E-state index in [1.165, 1.54) is 0 Å². The summed E-state index contributed by atoms with van der Waals surface area (Å²) in [7, 11) is 1.71. The average molecular weight is 329 g/mol. The van der Waals surface area contributed by atoms with E-state index in [0.717, 1.165) is 0 Å². The molecule has 1 unspecified atom stereocenters. The monoisotopic (exact) mass is 328 g/mol. The SMILES string of the molecule is CCOC(=O)c1ccc(NC(=O)C(C)NC)c(Br)c1. The maximum absolute atomic E-state index is 11.7. The lowest BCUT2D eigenvalue weighted by atomic mass is 10.2. The van der Waals surface area contributed by atoms with Gasteiger partial charge in [-0.25, -0.2) is 4.79 Å². The smallest absolute Gasteiger partial charge is 0.338 e. The molecule has 0 aliphatic rings. The van der Waals surface area contributed by atoms with Gasteiger partial charge < -0.3 is 15.4 Å². The van der Waals surface area contributed by atoms with Crippen molar-refractivity contribution in [1.82, 2.24) is 5.32 Å². The molecule has 5 nitrogen and oxygen atoms in total. The maximum atomic E-state index is 11.7. The van der Waals surface area contributed by atoms with Gasteiger partial charge in [0, 0.05) is 4.47 Å². The molecule has 1 rings (SSSR count). The fourth-order valence-corrected chi connectivity index (χ4v) is 1.81. The highest BCUT2D eigenvalue weighted by molar-refractivity contribution is 9.10. The number of amides is 1. The molecule has 0 saturated carbocycles. The molecule has 1 aromatic rings. The van der Waals surface area contributed by atoms with Gasteiger partial charge in [0.25, 0.3) is 0 Å². The van der Waals surface area contributed by atoms with E-state index in [1.807, 2.05) is 0 Å². The summed E-state index contributed by atoms with van der Waals surface area (Å²) in [6, 6.07) is 4.60. The predicted molar refractivity (Wildman–Crippen MR) is 77.2 cm³/mol. The van der Waals surface area contributed by atoms with Gasteiger partial charge in [0.05, 0.1) is 23.9 Å². The second-order valence-corrected chi connectivity index (χ2v) is 4.77. The largest absolute Gasteiger partial charge is 0.462 e. The van der Waals surface area contributed by atoms with Crippen LogP contribution >= 0.6 is 15.9 Å². The lowest BCUT2D eigenvalue weighted by Gasteiger charge is -2.12. The Morgan fingerprint density at radius 1 is 1.42 bits per heavy atom. The van der Waals surface area contributed by atoms with E-state index in [9.17, 15) is 9.59 Å². The topological polar surface area (TPSA) is 67.4 Å². The minimum atomic E-state index is -0.385. The number of hydrogen-bond donors (Lipinski definition) is 2. The Bertz CT molecular complexity index is 477. The Morgan fingerprint density at radius 2 is 2.11 bits per heavy atom. The molecule has 0 aliphatic heterocycles. The zero-order valence-corrected chi connectivity index (χ0v) is 12.7. The van der Waals surface area contributed by atoms with Crippen LogP contribution in [0.4, 0.5) is 5.69 Å². The zero-order valence-electron chi connectivity index (χ0n) is 11.1. The molecule has 1 aromatic carbocycles. The van der Waals surface area contributed by atoms with Gasteiger partial charge in [-0.1, -0.05) is 0 Å². The Hall–Kier alpha value is -1.40. The number of carbonyl (C=O) groups is 2. The van der Waals surface area contributed by atoms with Crippen LogP contribution in [0.2, 0.25) is 0 Å². The Morgan fingerprint density at radius 3 is 2.63 bits per heavy atom. The van der Waals surface area contributed by atoms with Crippen molar-refractivity contribution in [2.24, 2.45) is 0 Å². The van der Waals surface area contributed by atoms with Gasteiger partial charge in [0.15, 0.2) is 0 Å². The van der Waals surface area contributed by atoms with Crippen LogP contribution in [0, 0.1) is 0 Å². The molecule has 0 radical (unpaired) electrons.